The van der Waals surface area contributed by atoms with Crippen LogP contribution < -0.4 is 23.8 Å². The molecule has 0 spiro atoms. The number of rotatable bonds is 16. The van der Waals surface area contributed by atoms with Crippen molar-refractivity contribution in [2.75, 3.05) is 32.2 Å². The maximum atomic E-state index is 15.2. The van der Waals surface area contributed by atoms with Crippen LogP contribution in [0.4, 0.5) is 10.1 Å². The zero-order valence-electron chi connectivity index (χ0n) is 28.6. The van der Waals surface area contributed by atoms with Crippen LogP contribution in [-0.4, -0.2) is 65.1 Å². The second-order valence-corrected chi connectivity index (χ2v) is 13.8. The van der Waals surface area contributed by atoms with E-state index in [2.05, 4.69) is 5.32 Å². The summed E-state index contributed by atoms with van der Waals surface area (Å²) in [6, 6.07) is 22.0. The smallest absolute Gasteiger partial charge is 0.265 e. The van der Waals surface area contributed by atoms with Gasteiger partial charge in [-0.2, -0.15) is 0 Å². The van der Waals surface area contributed by atoms with Crippen molar-refractivity contribution in [1.29, 1.82) is 0 Å². The van der Waals surface area contributed by atoms with Gasteiger partial charge in [0.2, 0.25) is 11.8 Å². The zero-order valence-corrected chi connectivity index (χ0v) is 30.1. The second-order valence-electron chi connectivity index (χ2n) is 11.5. The van der Waals surface area contributed by atoms with Gasteiger partial charge in [-0.05, 0) is 55.3 Å². The summed E-state index contributed by atoms with van der Waals surface area (Å²) in [5.74, 6) is -1.29. The SMILES string of the molecule is CC[C@H](C)NC(=O)[C@@H](Cc1ccccc1)N(Cc1ccccc1F)C(=O)CN(c1cc(Cl)ccc1OC)S(=O)(=O)c1ccc(OC)c(OC)c1. The number of amides is 2. The van der Waals surface area contributed by atoms with E-state index in [0.29, 0.717) is 12.2 Å². The first-order valence-corrected chi connectivity index (χ1v) is 17.7. The molecular formula is C37H41ClFN3O7S. The number of nitrogens with zero attached hydrogens (tertiary/aromatic N) is 2. The normalized spacial score (nSPS) is 12.4. The summed E-state index contributed by atoms with van der Waals surface area (Å²) >= 11 is 6.37. The highest BCUT2D eigenvalue weighted by atomic mass is 35.5. The lowest BCUT2D eigenvalue weighted by atomic mass is 10.0. The maximum absolute atomic E-state index is 15.2. The average molecular weight is 726 g/mol. The Morgan fingerprint density at radius 3 is 2.14 bits per heavy atom. The number of hydrogen-bond acceptors (Lipinski definition) is 7. The van der Waals surface area contributed by atoms with Crippen molar-refractivity contribution in [2.24, 2.45) is 0 Å². The van der Waals surface area contributed by atoms with Gasteiger partial charge in [0.1, 0.15) is 24.2 Å². The van der Waals surface area contributed by atoms with Gasteiger partial charge in [0, 0.05) is 35.7 Å². The average Bonchev–Trinajstić information content (AvgIpc) is 3.12. The number of sulfonamides is 1. The highest BCUT2D eigenvalue weighted by Crippen LogP contribution is 2.37. The van der Waals surface area contributed by atoms with E-state index >= 15 is 4.39 Å². The van der Waals surface area contributed by atoms with E-state index in [-0.39, 0.29) is 51.7 Å². The number of halogens is 2. The highest BCUT2D eigenvalue weighted by Gasteiger charge is 2.36. The number of methoxy groups -OCH3 is 3. The van der Waals surface area contributed by atoms with Crippen LogP contribution in [0.15, 0.2) is 95.9 Å². The largest absolute Gasteiger partial charge is 0.495 e. The lowest BCUT2D eigenvalue weighted by Gasteiger charge is -2.34. The number of hydrogen-bond donors (Lipinski definition) is 1. The van der Waals surface area contributed by atoms with Crippen molar-refractivity contribution in [3.63, 3.8) is 0 Å². The van der Waals surface area contributed by atoms with E-state index in [0.717, 1.165) is 9.87 Å². The van der Waals surface area contributed by atoms with Crippen molar-refractivity contribution in [3.05, 3.63) is 113 Å². The molecule has 0 unspecified atom stereocenters. The Bertz CT molecular complexity index is 1900. The standard InChI is InChI=1S/C37H41ClFN3O7S/c1-6-25(2)40-37(44)32(20-26-12-8-7-9-13-26)41(23-27-14-10-11-15-30(27)39)36(43)24-42(31-21-28(38)16-18-33(31)47-3)50(45,46)29-17-19-34(48-4)35(22-29)49-5/h7-19,21-22,25,32H,6,20,23-24H2,1-5H3,(H,40,44)/t25-,32+/m0/s1. The van der Waals surface area contributed by atoms with E-state index in [1.807, 2.05) is 44.2 Å². The predicted molar refractivity (Wildman–Crippen MR) is 191 cm³/mol. The molecular weight excluding hydrogens is 685 g/mol. The lowest BCUT2D eigenvalue weighted by Crippen LogP contribution is -2.54. The van der Waals surface area contributed by atoms with Crippen LogP contribution in [0.5, 0.6) is 17.2 Å². The number of carbonyl (C=O) groups is 2. The Hall–Kier alpha value is -4.81. The van der Waals surface area contributed by atoms with Gasteiger partial charge in [-0.3, -0.25) is 13.9 Å². The van der Waals surface area contributed by atoms with E-state index in [9.17, 15) is 18.0 Å². The third-order valence-corrected chi connectivity index (χ3v) is 10.2. The Labute approximate surface area is 297 Å². The molecule has 0 aliphatic rings. The molecule has 0 radical (unpaired) electrons. The fraction of sp³-hybridized carbons (Fsp3) is 0.297. The van der Waals surface area contributed by atoms with Crippen LogP contribution in [-0.2, 0) is 32.6 Å². The number of benzene rings is 4. The van der Waals surface area contributed by atoms with Crippen molar-refractivity contribution >= 4 is 39.1 Å². The van der Waals surface area contributed by atoms with Crippen LogP contribution in [0.25, 0.3) is 0 Å². The predicted octanol–water partition coefficient (Wildman–Crippen LogP) is 6.26. The molecule has 1 N–H and O–H groups in total. The van der Waals surface area contributed by atoms with Crippen molar-refractivity contribution < 1.29 is 36.6 Å². The fourth-order valence-electron chi connectivity index (χ4n) is 5.28. The van der Waals surface area contributed by atoms with Crippen LogP contribution in [0.1, 0.15) is 31.4 Å². The number of ether oxygens (including phenoxy) is 3. The second kappa shape index (κ2) is 17.2. The topological polar surface area (TPSA) is 114 Å². The van der Waals surface area contributed by atoms with Crippen LogP contribution in [0, 0.1) is 5.82 Å². The summed E-state index contributed by atoms with van der Waals surface area (Å²) in [6.07, 6.45) is 0.698. The first kappa shape index (κ1) is 38.0. The first-order chi connectivity index (χ1) is 23.9. The number of nitrogens with one attached hydrogen (secondary N) is 1. The van der Waals surface area contributed by atoms with Gasteiger partial charge in [0.15, 0.2) is 11.5 Å². The molecule has 0 aromatic heterocycles. The lowest BCUT2D eigenvalue weighted by molar-refractivity contribution is -0.140. The fourth-order valence-corrected chi connectivity index (χ4v) is 6.88. The quantitative estimate of drug-likeness (QED) is 0.145. The molecule has 4 aromatic carbocycles. The molecule has 266 valence electrons. The first-order valence-electron chi connectivity index (χ1n) is 15.9. The van der Waals surface area contributed by atoms with Crippen molar-refractivity contribution in [3.8, 4) is 17.2 Å². The third kappa shape index (κ3) is 9.05. The Morgan fingerprint density at radius 1 is 0.860 bits per heavy atom. The van der Waals surface area contributed by atoms with E-state index in [1.165, 1.54) is 80.8 Å². The molecule has 2 atom stereocenters. The van der Waals surface area contributed by atoms with Crippen molar-refractivity contribution in [2.45, 2.75) is 50.2 Å². The Balaban J connectivity index is 1.89. The zero-order chi connectivity index (χ0) is 36.4. The van der Waals surface area contributed by atoms with Crippen LogP contribution >= 0.6 is 11.6 Å². The molecule has 10 nitrogen and oxygen atoms in total. The monoisotopic (exact) mass is 725 g/mol. The van der Waals surface area contributed by atoms with Gasteiger partial charge in [-0.25, -0.2) is 12.8 Å². The van der Waals surface area contributed by atoms with Crippen molar-refractivity contribution in [1.82, 2.24) is 10.2 Å². The van der Waals surface area contributed by atoms with E-state index in [1.54, 1.807) is 6.07 Å². The van der Waals surface area contributed by atoms with E-state index in [4.69, 9.17) is 25.8 Å². The summed E-state index contributed by atoms with van der Waals surface area (Å²) in [5, 5.41) is 3.13. The van der Waals surface area contributed by atoms with Gasteiger partial charge in [0.25, 0.3) is 10.0 Å². The minimum absolute atomic E-state index is 0.0300. The summed E-state index contributed by atoms with van der Waals surface area (Å²) < 4.78 is 61.3. The minimum atomic E-state index is -4.56. The molecule has 0 bridgehead atoms. The van der Waals surface area contributed by atoms with Gasteiger partial charge in [-0.15, -0.1) is 0 Å². The van der Waals surface area contributed by atoms with E-state index < -0.39 is 40.2 Å². The van der Waals surface area contributed by atoms with Gasteiger partial charge >= 0.3 is 0 Å². The molecule has 4 rings (SSSR count). The summed E-state index contributed by atoms with van der Waals surface area (Å²) in [5.41, 5.74) is 0.858. The summed E-state index contributed by atoms with van der Waals surface area (Å²) in [6.45, 7) is 2.62. The molecule has 0 aliphatic carbocycles. The molecule has 50 heavy (non-hydrogen) atoms. The number of carbonyl (C=O) groups excluding carboxylic acids is 2. The third-order valence-electron chi connectivity index (χ3n) is 8.20. The molecule has 2 amide bonds. The maximum Gasteiger partial charge on any atom is 0.265 e. The Morgan fingerprint density at radius 2 is 1.50 bits per heavy atom. The summed E-state index contributed by atoms with van der Waals surface area (Å²) in [4.78, 5) is 29.7. The van der Waals surface area contributed by atoms with Crippen LogP contribution in [0.2, 0.25) is 5.02 Å². The molecule has 0 aliphatic heterocycles. The van der Waals surface area contributed by atoms with Crippen LogP contribution in [0.3, 0.4) is 0 Å². The highest BCUT2D eigenvalue weighted by molar-refractivity contribution is 7.92. The molecule has 0 heterocycles. The molecule has 0 saturated carbocycles. The Kier molecular flexibility index (Phi) is 13.1. The van der Waals surface area contributed by atoms with Gasteiger partial charge in [0.05, 0.1) is 31.9 Å². The minimum Gasteiger partial charge on any atom is -0.495 e. The van der Waals surface area contributed by atoms with Gasteiger partial charge in [-0.1, -0.05) is 67.1 Å². The molecule has 4 aromatic rings. The molecule has 13 heteroatoms. The molecule has 0 saturated heterocycles. The molecule has 0 fully saturated rings. The summed E-state index contributed by atoms with van der Waals surface area (Å²) in [7, 11) is -0.418. The van der Waals surface area contributed by atoms with Gasteiger partial charge < -0.3 is 24.4 Å². The number of anilines is 1.